The fourth-order valence-corrected chi connectivity index (χ4v) is 6.52. The highest BCUT2D eigenvalue weighted by atomic mass is 35.5. The molecule has 3 aromatic rings. The summed E-state index contributed by atoms with van der Waals surface area (Å²) in [5.41, 5.74) is 2.83. The highest BCUT2D eigenvalue weighted by Crippen LogP contribution is 2.39. The summed E-state index contributed by atoms with van der Waals surface area (Å²) in [4.78, 5) is 14.5. The third-order valence-corrected chi connectivity index (χ3v) is 10.0. The minimum absolute atomic E-state index is 0.281. The number of aromatic nitrogens is 2. The minimum atomic E-state index is -1.21. The van der Waals surface area contributed by atoms with Crippen molar-refractivity contribution in [3.8, 4) is 0 Å². The predicted molar refractivity (Wildman–Crippen MR) is 173 cm³/mol. The summed E-state index contributed by atoms with van der Waals surface area (Å²) in [6.07, 6.45) is 0.709. The number of ether oxygens (including phenoxy) is 3. The van der Waals surface area contributed by atoms with E-state index in [1.807, 2.05) is 63.6 Å². The lowest BCUT2D eigenvalue weighted by Gasteiger charge is -2.42. The Kier molecular flexibility index (Phi) is 10.3. The van der Waals surface area contributed by atoms with Crippen LogP contribution < -0.4 is 0 Å². The number of hydrogen-bond donors (Lipinski definition) is 0. The standard InChI is InChI=1S/C33H47ClFN3O4Si/c1-23-28-19-26(34)20-29(30(28)38(36-23)22-40-17-18-43(6,7)8)24(2)41-21-33(25-9-11-27(35)12-10-25)13-15-37(16-14-33)31(39)42-32(3,4)5/h9-12,19-20,24H,13-18,21-22H2,1-8H3. The molecule has 0 saturated carbocycles. The van der Waals surface area contributed by atoms with Crippen molar-refractivity contribution < 1.29 is 23.4 Å². The van der Waals surface area contributed by atoms with E-state index in [1.54, 1.807) is 4.90 Å². The Bertz CT molecular complexity index is 1410. The van der Waals surface area contributed by atoms with E-state index in [0.717, 1.165) is 33.8 Å². The topological polar surface area (TPSA) is 65.8 Å². The summed E-state index contributed by atoms with van der Waals surface area (Å²) in [7, 11) is -1.21. The Labute approximate surface area is 261 Å². The lowest BCUT2D eigenvalue weighted by Crippen LogP contribution is -2.48. The van der Waals surface area contributed by atoms with E-state index in [1.165, 1.54) is 12.1 Å². The third-order valence-electron chi connectivity index (χ3n) is 8.11. The van der Waals surface area contributed by atoms with Gasteiger partial charge in [-0.05, 0) is 83.3 Å². The SMILES string of the molecule is Cc1nn(COCC[Si](C)(C)C)c2c(C(C)OCC3(c4ccc(F)cc4)CCN(C(=O)OC(C)(C)C)CC3)cc(Cl)cc12. The van der Waals surface area contributed by atoms with Crippen LogP contribution >= 0.6 is 11.6 Å². The Morgan fingerprint density at radius 2 is 1.79 bits per heavy atom. The van der Waals surface area contributed by atoms with Gasteiger partial charge in [0.25, 0.3) is 0 Å². The molecule has 1 saturated heterocycles. The predicted octanol–water partition coefficient (Wildman–Crippen LogP) is 8.50. The van der Waals surface area contributed by atoms with Crippen molar-refractivity contribution in [2.24, 2.45) is 0 Å². The van der Waals surface area contributed by atoms with Crippen LogP contribution in [-0.4, -0.2) is 60.8 Å². The van der Waals surface area contributed by atoms with E-state index >= 15 is 0 Å². The molecule has 1 amide bonds. The van der Waals surface area contributed by atoms with Crippen molar-refractivity contribution in [1.29, 1.82) is 0 Å². The monoisotopic (exact) mass is 631 g/mol. The molecule has 1 atom stereocenters. The van der Waals surface area contributed by atoms with E-state index < -0.39 is 19.1 Å². The average Bonchev–Trinajstić information content (AvgIpc) is 3.23. The second kappa shape index (κ2) is 13.3. The van der Waals surface area contributed by atoms with Crippen LogP contribution in [0.15, 0.2) is 36.4 Å². The number of hydrogen-bond acceptors (Lipinski definition) is 5. The van der Waals surface area contributed by atoms with Gasteiger partial charge in [0.2, 0.25) is 0 Å². The molecule has 1 aromatic heterocycles. The van der Waals surface area contributed by atoms with Crippen LogP contribution in [0.3, 0.4) is 0 Å². The molecular formula is C33H47ClFN3O4Si. The first-order valence-electron chi connectivity index (χ1n) is 15.2. The lowest BCUT2D eigenvalue weighted by molar-refractivity contribution is -0.00947. The Morgan fingerprint density at radius 3 is 2.40 bits per heavy atom. The molecule has 0 N–H and O–H groups in total. The van der Waals surface area contributed by atoms with Gasteiger partial charge in [0.15, 0.2) is 0 Å². The maximum Gasteiger partial charge on any atom is 0.410 e. The second-order valence-corrected chi connectivity index (χ2v) is 20.1. The maximum atomic E-state index is 13.9. The van der Waals surface area contributed by atoms with Crippen molar-refractivity contribution >= 4 is 36.7 Å². The fourth-order valence-electron chi connectivity index (χ4n) is 5.54. The van der Waals surface area contributed by atoms with Gasteiger partial charge in [-0.15, -0.1) is 0 Å². The van der Waals surface area contributed by atoms with Crippen molar-refractivity contribution in [2.45, 2.75) is 97.0 Å². The molecule has 1 aliphatic heterocycles. The Balaban J connectivity index is 1.56. The second-order valence-electron chi connectivity index (χ2n) is 14.0. The van der Waals surface area contributed by atoms with Gasteiger partial charge in [0.1, 0.15) is 18.1 Å². The molecular weight excluding hydrogens is 585 g/mol. The molecule has 1 fully saturated rings. The summed E-state index contributed by atoms with van der Waals surface area (Å²) < 4.78 is 34.2. The quantitative estimate of drug-likeness (QED) is 0.166. The molecule has 43 heavy (non-hydrogen) atoms. The van der Waals surface area contributed by atoms with Gasteiger partial charge in [0, 0.05) is 49.2 Å². The van der Waals surface area contributed by atoms with Crippen molar-refractivity contribution in [3.63, 3.8) is 0 Å². The molecule has 1 aliphatic rings. The number of carbonyl (C=O) groups is 1. The molecule has 236 valence electrons. The maximum absolute atomic E-state index is 13.9. The van der Waals surface area contributed by atoms with Gasteiger partial charge in [-0.3, -0.25) is 0 Å². The number of amides is 1. The number of nitrogens with zero attached hydrogens (tertiary/aromatic N) is 3. The molecule has 4 rings (SSSR count). The highest BCUT2D eigenvalue weighted by molar-refractivity contribution is 6.76. The lowest BCUT2D eigenvalue weighted by atomic mass is 9.73. The largest absolute Gasteiger partial charge is 0.444 e. The Hall–Kier alpha value is -2.46. The number of piperidine rings is 1. The first kappa shape index (κ1) is 33.4. The van der Waals surface area contributed by atoms with Crippen LogP contribution in [0, 0.1) is 12.7 Å². The number of aryl methyl sites for hydroxylation is 1. The zero-order valence-corrected chi connectivity index (χ0v) is 28.7. The number of likely N-dealkylation sites (tertiary alicyclic amines) is 1. The normalized spacial score (nSPS) is 16.5. The molecule has 2 aromatic carbocycles. The first-order chi connectivity index (χ1) is 20.1. The van der Waals surface area contributed by atoms with Crippen LogP contribution in [0.4, 0.5) is 9.18 Å². The zero-order chi connectivity index (χ0) is 31.6. The van der Waals surface area contributed by atoms with Crippen molar-refractivity contribution in [1.82, 2.24) is 14.7 Å². The molecule has 0 aliphatic carbocycles. The molecule has 7 nitrogen and oxygen atoms in total. The minimum Gasteiger partial charge on any atom is -0.444 e. The number of halogens is 2. The summed E-state index contributed by atoms with van der Waals surface area (Å²) in [6.45, 7) is 19.1. The number of fused-ring (bicyclic) bond motifs is 1. The van der Waals surface area contributed by atoms with Crippen LogP contribution in [-0.2, 0) is 26.4 Å². The summed E-state index contributed by atoms with van der Waals surface area (Å²) in [5.74, 6) is -0.281. The zero-order valence-electron chi connectivity index (χ0n) is 26.9. The molecule has 0 bridgehead atoms. The summed E-state index contributed by atoms with van der Waals surface area (Å²) in [6, 6.07) is 11.6. The van der Waals surface area contributed by atoms with E-state index in [4.69, 9.17) is 30.9 Å². The molecule has 0 radical (unpaired) electrons. The van der Waals surface area contributed by atoms with Crippen LogP contribution in [0.25, 0.3) is 10.9 Å². The van der Waals surface area contributed by atoms with Gasteiger partial charge in [-0.1, -0.05) is 43.4 Å². The smallest absolute Gasteiger partial charge is 0.410 e. The number of carbonyl (C=O) groups excluding carboxylic acids is 1. The van der Waals surface area contributed by atoms with Gasteiger partial charge >= 0.3 is 6.09 Å². The summed E-state index contributed by atoms with van der Waals surface area (Å²) in [5, 5.41) is 6.38. The summed E-state index contributed by atoms with van der Waals surface area (Å²) >= 11 is 6.60. The van der Waals surface area contributed by atoms with Gasteiger partial charge in [-0.2, -0.15) is 5.10 Å². The van der Waals surface area contributed by atoms with Gasteiger partial charge in [-0.25, -0.2) is 13.9 Å². The third kappa shape index (κ3) is 8.59. The van der Waals surface area contributed by atoms with Crippen molar-refractivity contribution in [2.75, 3.05) is 26.3 Å². The average molecular weight is 632 g/mol. The fraction of sp³-hybridized carbons (Fsp3) is 0.576. The van der Waals surface area contributed by atoms with E-state index in [9.17, 15) is 9.18 Å². The van der Waals surface area contributed by atoms with E-state index in [-0.39, 0.29) is 18.0 Å². The molecule has 0 spiro atoms. The van der Waals surface area contributed by atoms with Crippen LogP contribution in [0.2, 0.25) is 30.7 Å². The molecule has 10 heteroatoms. The number of rotatable bonds is 10. The number of benzene rings is 2. The van der Waals surface area contributed by atoms with Crippen molar-refractivity contribution in [3.05, 3.63) is 64.1 Å². The molecule has 1 unspecified atom stereocenters. The highest BCUT2D eigenvalue weighted by Gasteiger charge is 2.39. The van der Waals surface area contributed by atoms with Gasteiger partial charge < -0.3 is 19.1 Å². The molecule has 2 heterocycles. The van der Waals surface area contributed by atoms with Crippen LogP contribution in [0.1, 0.15) is 63.5 Å². The van der Waals surface area contributed by atoms with E-state index in [2.05, 4.69) is 19.6 Å². The van der Waals surface area contributed by atoms with Gasteiger partial charge in [0.05, 0.1) is 23.9 Å². The first-order valence-corrected chi connectivity index (χ1v) is 19.3. The van der Waals surface area contributed by atoms with E-state index in [0.29, 0.717) is 50.9 Å². The van der Waals surface area contributed by atoms with Crippen LogP contribution in [0.5, 0.6) is 0 Å². The Morgan fingerprint density at radius 1 is 1.14 bits per heavy atom.